The van der Waals surface area contributed by atoms with Crippen molar-refractivity contribution in [2.24, 2.45) is 5.73 Å². The summed E-state index contributed by atoms with van der Waals surface area (Å²) in [7, 11) is 0. The lowest BCUT2D eigenvalue weighted by atomic mass is 9.96. The van der Waals surface area contributed by atoms with E-state index in [1.807, 2.05) is 0 Å². The van der Waals surface area contributed by atoms with Gasteiger partial charge in [0.15, 0.2) is 11.5 Å². The van der Waals surface area contributed by atoms with Crippen molar-refractivity contribution >= 4 is 11.7 Å². The number of carbonyl (C=O) groups excluding carboxylic acids is 2. The second kappa shape index (κ2) is 5.65. The van der Waals surface area contributed by atoms with Crippen molar-refractivity contribution in [2.75, 3.05) is 6.54 Å². The van der Waals surface area contributed by atoms with E-state index in [1.165, 1.54) is 30.0 Å². The molecule has 112 valence electrons. The number of nitrogens with zero attached hydrogens (tertiary/aromatic N) is 1. The van der Waals surface area contributed by atoms with Crippen LogP contribution >= 0.6 is 0 Å². The van der Waals surface area contributed by atoms with E-state index in [0.29, 0.717) is 5.56 Å². The van der Waals surface area contributed by atoms with Gasteiger partial charge < -0.3 is 15.7 Å². The molecule has 2 rings (SSSR count). The first-order chi connectivity index (χ1) is 9.82. The summed E-state index contributed by atoms with van der Waals surface area (Å²) in [6.45, 7) is 3.13. The zero-order valence-corrected chi connectivity index (χ0v) is 11.8. The van der Waals surface area contributed by atoms with Gasteiger partial charge in [-0.3, -0.25) is 9.59 Å². The molecule has 0 saturated carbocycles. The van der Waals surface area contributed by atoms with Crippen LogP contribution in [0.5, 0.6) is 0 Å². The highest BCUT2D eigenvalue weighted by atomic mass is 19.1. The van der Waals surface area contributed by atoms with E-state index in [4.69, 9.17) is 5.73 Å². The largest absolute Gasteiger partial charge is 0.503 e. The molecule has 0 fully saturated rings. The summed E-state index contributed by atoms with van der Waals surface area (Å²) in [6.07, 6.45) is 0. The van der Waals surface area contributed by atoms with Crippen LogP contribution in [0.2, 0.25) is 0 Å². The number of aliphatic hydroxyl groups excluding tert-OH is 1. The first-order valence-corrected chi connectivity index (χ1v) is 6.59. The van der Waals surface area contributed by atoms with Gasteiger partial charge in [-0.05, 0) is 31.5 Å². The molecule has 1 amide bonds. The molecular weight excluding hydrogens is 275 g/mol. The Morgan fingerprint density at radius 3 is 2.71 bits per heavy atom. The third kappa shape index (κ3) is 2.80. The predicted molar refractivity (Wildman–Crippen MR) is 74.8 cm³/mol. The van der Waals surface area contributed by atoms with Crippen LogP contribution in [0.1, 0.15) is 25.5 Å². The summed E-state index contributed by atoms with van der Waals surface area (Å²) in [5, 5.41) is 9.95. The first kappa shape index (κ1) is 15.2. The van der Waals surface area contributed by atoms with Gasteiger partial charge in [-0.15, -0.1) is 0 Å². The third-order valence-electron chi connectivity index (χ3n) is 3.33. The van der Waals surface area contributed by atoms with Gasteiger partial charge in [0.2, 0.25) is 0 Å². The normalized spacial score (nSPS) is 20.1. The van der Waals surface area contributed by atoms with Crippen molar-refractivity contribution in [2.45, 2.75) is 25.9 Å². The van der Waals surface area contributed by atoms with Crippen LogP contribution in [0.25, 0.3) is 0 Å². The number of hydrogen-bond acceptors (Lipinski definition) is 4. The summed E-state index contributed by atoms with van der Waals surface area (Å²) in [6, 6.07) is 4.46. The molecule has 21 heavy (non-hydrogen) atoms. The van der Waals surface area contributed by atoms with Gasteiger partial charge >= 0.3 is 0 Å². The molecule has 0 unspecified atom stereocenters. The first-order valence-electron chi connectivity index (χ1n) is 6.59. The smallest absolute Gasteiger partial charge is 0.290 e. The van der Waals surface area contributed by atoms with Crippen LogP contribution in [0.15, 0.2) is 35.6 Å². The summed E-state index contributed by atoms with van der Waals surface area (Å²) < 4.78 is 13.4. The molecule has 6 heteroatoms. The van der Waals surface area contributed by atoms with Gasteiger partial charge in [0.1, 0.15) is 5.82 Å². The standard InChI is InChI=1S/C15H17FN2O3/c1-8(17)7-18-13(10-4-3-5-11(16)6-10)12(9(2)19)14(20)15(18)21/h3-6,8,13,20H,7,17H2,1-2H3/t8-,13-/m0/s1. The van der Waals surface area contributed by atoms with Crippen LogP contribution in [0, 0.1) is 5.82 Å². The molecule has 1 heterocycles. The zero-order valence-electron chi connectivity index (χ0n) is 11.8. The fraction of sp³-hybridized carbons (Fsp3) is 0.333. The van der Waals surface area contributed by atoms with Gasteiger partial charge in [0.05, 0.1) is 11.6 Å². The van der Waals surface area contributed by atoms with Crippen LogP contribution in [-0.2, 0) is 9.59 Å². The van der Waals surface area contributed by atoms with Crippen molar-refractivity contribution in [1.82, 2.24) is 4.90 Å². The number of ketones is 1. The van der Waals surface area contributed by atoms with E-state index in [9.17, 15) is 19.1 Å². The van der Waals surface area contributed by atoms with E-state index < -0.39 is 29.3 Å². The highest BCUT2D eigenvalue weighted by molar-refractivity contribution is 6.08. The Balaban J connectivity index is 2.54. The Labute approximate surface area is 121 Å². The summed E-state index contributed by atoms with van der Waals surface area (Å²) in [5.41, 5.74) is 6.13. The van der Waals surface area contributed by atoms with Gasteiger partial charge in [0, 0.05) is 12.6 Å². The summed E-state index contributed by atoms with van der Waals surface area (Å²) in [4.78, 5) is 25.2. The lowest BCUT2D eigenvalue weighted by molar-refractivity contribution is -0.129. The number of aliphatic hydroxyl groups is 1. The molecule has 1 aromatic carbocycles. The molecule has 5 nitrogen and oxygen atoms in total. The number of carbonyl (C=O) groups is 2. The fourth-order valence-electron chi connectivity index (χ4n) is 2.53. The molecule has 0 aliphatic carbocycles. The maximum absolute atomic E-state index is 13.4. The highest BCUT2D eigenvalue weighted by Gasteiger charge is 2.42. The minimum absolute atomic E-state index is 0.0220. The van der Waals surface area contributed by atoms with Crippen LogP contribution in [-0.4, -0.2) is 34.3 Å². The van der Waals surface area contributed by atoms with Gasteiger partial charge in [-0.1, -0.05) is 12.1 Å². The van der Waals surface area contributed by atoms with Gasteiger partial charge in [0.25, 0.3) is 5.91 Å². The van der Waals surface area contributed by atoms with Crippen molar-refractivity contribution < 1.29 is 19.1 Å². The second-order valence-corrected chi connectivity index (χ2v) is 5.21. The second-order valence-electron chi connectivity index (χ2n) is 5.21. The maximum atomic E-state index is 13.4. The van der Waals surface area contributed by atoms with Crippen LogP contribution in [0.3, 0.4) is 0 Å². The summed E-state index contributed by atoms with van der Waals surface area (Å²) >= 11 is 0. The van der Waals surface area contributed by atoms with Gasteiger partial charge in [-0.25, -0.2) is 4.39 Å². The Kier molecular flexibility index (Phi) is 4.09. The lowest BCUT2D eigenvalue weighted by Crippen LogP contribution is -2.39. The Bertz CT molecular complexity index is 625. The fourth-order valence-corrected chi connectivity index (χ4v) is 2.53. The van der Waals surface area contributed by atoms with Crippen molar-refractivity contribution in [3.05, 3.63) is 47.0 Å². The molecule has 0 saturated heterocycles. The Morgan fingerprint density at radius 2 is 2.19 bits per heavy atom. The zero-order chi connectivity index (χ0) is 15.7. The SMILES string of the molecule is CC(=O)C1=C(O)C(=O)N(C[C@H](C)N)[C@H]1c1cccc(F)c1. The Hall–Kier alpha value is -2.21. The van der Waals surface area contributed by atoms with E-state index in [1.54, 1.807) is 13.0 Å². The number of amides is 1. The molecule has 1 aliphatic rings. The van der Waals surface area contributed by atoms with Crippen molar-refractivity contribution in [1.29, 1.82) is 0 Å². The number of hydrogen-bond donors (Lipinski definition) is 2. The molecular formula is C15H17FN2O3. The lowest BCUT2D eigenvalue weighted by Gasteiger charge is -2.28. The van der Waals surface area contributed by atoms with Crippen molar-refractivity contribution in [3.8, 4) is 0 Å². The average molecular weight is 292 g/mol. The Morgan fingerprint density at radius 1 is 1.52 bits per heavy atom. The predicted octanol–water partition coefficient (Wildman–Crippen LogP) is 1.46. The molecule has 0 aromatic heterocycles. The summed E-state index contributed by atoms with van der Waals surface area (Å²) in [5.74, 6) is -2.15. The van der Waals surface area contributed by atoms with E-state index in [-0.39, 0.29) is 18.2 Å². The molecule has 1 aromatic rings. The minimum atomic E-state index is -0.809. The topological polar surface area (TPSA) is 83.6 Å². The number of Topliss-reactive ketones (excluding diaryl/α,β-unsaturated/α-hetero) is 1. The minimum Gasteiger partial charge on any atom is -0.503 e. The molecule has 0 spiro atoms. The number of nitrogens with two attached hydrogens (primary N) is 1. The highest BCUT2D eigenvalue weighted by Crippen LogP contribution is 2.37. The molecule has 2 atom stereocenters. The molecule has 3 N–H and O–H groups in total. The van der Waals surface area contributed by atoms with Crippen LogP contribution < -0.4 is 5.73 Å². The van der Waals surface area contributed by atoms with E-state index in [0.717, 1.165) is 0 Å². The number of halogens is 1. The molecule has 0 bridgehead atoms. The van der Waals surface area contributed by atoms with Crippen LogP contribution in [0.4, 0.5) is 4.39 Å². The number of rotatable bonds is 4. The monoisotopic (exact) mass is 292 g/mol. The quantitative estimate of drug-likeness (QED) is 0.880. The maximum Gasteiger partial charge on any atom is 0.290 e. The average Bonchev–Trinajstić information content (AvgIpc) is 2.63. The van der Waals surface area contributed by atoms with E-state index in [2.05, 4.69) is 0 Å². The number of benzene rings is 1. The molecule has 0 radical (unpaired) electrons. The van der Waals surface area contributed by atoms with E-state index >= 15 is 0 Å². The third-order valence-corrected chi connectivity index (χ3v) is 3.33. The van der Waals surface area contributed by atoms with Gasteiger partial charge in [-0.2, -0.15) is 0 Å². The molecule has 1 aliphatic heterocycles. The van der Waals surface area contributed by atoms with Crippen molar-refractivity contribution in [3.63, 3.8) is 0 Å².